The van der Waals surface area contributed by atoms with Gasteiger partial charge < -0.3 is 5.32 Å². The lowest BCUT2D eigenvalue weighted by Crippen LogP contribution is -2.21. The fourth-order valence-electron chi connectivity index (χ4n) is 0.769. The number of hydrogen-bond acceptors (Lipinski definition) is 4. The first kappa shape index (κ1) is 11.6. The standard InChI is InChI=1S/C8H12BrN3OS/c1-6(14(2)13)3-11-8-5-10-7(9)4-12-8/h4-6H,3H2,1-2H3,(H,11,12). The van der Waals surface area contributed by atoms with E-state index in [1.165, 1.54) is 0 Å². The molecule has 14 heavy (non-hydrogen) atoms. The van der Waals surface area contributed by atoms with Gasteiger partial charge in [-0.25, -0.2) is 9.97 Å². The SMILES string of the molecule is CC(CNc1cnc(Br)cn1)S(C)=O. The summed E-state index contributed by atoms with van der Waals surface area (Å²) in [5, 5.41) is 3.18. The van der Waals surface area contributed by atoms with E-state index in [0.29, 0.717) is 17.0 Å². The largest absolute Gasteiger partial charge is 0.368 e. The van der Waals surface area contributed by atoms with Crippen LogP contribution in [0.4, 0.5) is 5.82 Å². The number of nitrogens with zero attached hydrogens (tertiary/aromatic N) is 2. The predicted octanol–water partition coefficient (Wildman–Crippen LogP) is 1.42. The van der Waals surface area contributed by atoms with E-state index in [-0.39, 0.29) is 5.25 Å². The molecular weight excluding hydrogens is 266 g/mol. The molecule has 0 saturated heterocycles. The quantitative estimate of drug-likeness (QED) is 0.905. The normalized spacial score (nSPS) is 14.8. The van der Waals surface area contributed by atoms with Crippen LogP contribution in [0.5, 0.6) is 0 Å². The van der Waals surface area contributed by atoms with E-state index >= 15 is 0 Å². The second-order valence-electron chi connectivity index (χ2n) is 2.91. The Hall–Kier alpha value is -0.490. The van der Waals surface area contributed by atoms with Crippen LogP contribution in [0.2, 0.25) is 0 Å². The van der Waals surface area contributed by atoms with E-state index in [4.69, 9.17) is 0 Å². The fraction of sp³-hybridized carbons (Fsp3) is 0.500. The third-order valence-corrected chi connectivity index (χ3v) is 3.47. The lowest BCUT2D eigenvalue weighted by atomic mass is 10.4. The number of halogens is 1. The molecule has 0 spiro atoms. The molecule has 0 fully saturated rings. The summed E-state index contributed by atoms with van der Waals surface area (Å²) in [7, 11) is -0.808. The van der Waals surface area contributed by atoms with Gasteiger partial charge >= 0.3 is 0 Å². The van der Waals surface area contributed by atoms with Gasteiger partial charge in [-0.05, 0) is 22.9 Å². The molecule has 2 atom stereocenters. The first-order valence-corrected chi connectivity index (χ1v) is 6.54. The number of rotatable bonds is 4. The highest BCUT2D eigenvalue weighted by Crippen LogP contribution is 2.06. The Labute approximate surface area is 94.1 Å². The highest BCUT2D eigenvalue weighted by atomic mass is 79.9. The second-order valence-corrected chi connectivity index (χ2v) is 5.53. The molecule has 1 N–H and O–H groups in total. The van der Waals surface area contributed by atoms with Crippen LogP contribution in [-0.4, -0.2) is 32.2 Å². The van der Waals surface area contributed by atoms with Crippen molar-refractivity contribution in [1.29, 1.82) is 0 Å². The van der Waals surface area contributed by atoms with Gasteiger partial charge in [0.2, 0.25) is 0 Å². The Kier molecular flexibility index (Phi) is 4.47. The van der Waals surface area contributed by atoms with Crippen LogP contribution in [0, 0.1) is 0 Å². The summed E-state index contributed by atoms with van der Waals surface area (Å²) < 4.78 is 11.8. The summed E-state index contributed by atoms with van der Waals surface area (Å²) in [5.74, 6) is 0.700. The average Bonchev–Trinajstić information content (AvgIpc) is 2.16. The molecule has 2 unspecified atom stereocenters. The minimum atomic E-state index is -0.808. The summed E-state index contributed by atoms with van der Waals surface area (Å²) >= 11 is 3.20. The van der Waals surface area contributed by atoms with Gasteiger partial charge in [0.15, 0.2) is 0 Å². The lowest BCUT2D eigenvalue weighted by Gasteiger charge is -2.09. The zero-order chi connectivity index (χ0) is 10.6. The van der Waals surface area contributed by atoms with E-state index < -0.39 is 10.8 Å². The molecule has 0 aliphatic carbocycles. The fourth-order valence-corrected chi connectivity index (χ4v) is 1.29. The summed E-state index contributed by atoms with van der Waals surface area (Å²) in [5.41, 5.74) is 0. The summed E-state index contributed by atoms with van der Waals surface area (Å²) in [6.45, 7) is 2.56. The van der Waals surface area contributed by atoms with Crippen molar-refractivity contribution in [2.75, 3.05) is 18.1 Å². The molecule has 1 rings (SSSR count). The van der Waals surface area contributed by atoms with Gasteiger partial charge in [-0.3, -0.25) is 4.21 Å². The zero-order valence-electron chi connectivity index (χ0n) is 8.03. The molecule has 1 aromatic rings. The smallest absolute Gasteiger partial charge is 0.144 e. The number of nitrogens with one attached hydrogen (secondary N) is 1. The average molecular weight is 278 g/mol. The van der Waals surface area contributed by atoms with Crippen molar-refractivity contribution in [3.8, 4) is 0 Å². The maximum Gasteiger partial charge on any atom is 0.144 e. The first-order chi connectivity index (χ1) is 6.59. The van der Waals surface area contributed by atoms with Crippen molar-refractivity contribution in [1.82, 2.24) is 9.97 Å². The van der Waals surface area contributed by atoms with Crippen LogP contribution in [0.1, 0.15) is 6.92 Å². The van der Waals surface area contributed by atoms with E-state index in [2.05, 4.69) is 31.2 Å². The highest BCUT2D eigenvalue weighted by Gasteiger charge is 2.05. The van der Waals surface area contributed by atoms with Crippen LogP contribution in [0.15, 0.2) is 17.0 Å². The van der Waals surface area contributed by atoms with Crippen LogP contribution in [0.3, 0.4) is 0 Å². The van der Waals surface area contributed by atoms with Crippen LogP contribution < -0.4 is 5.32 Å². The topological polar surface area (TPSA) is 54.9 Å². The molecule has 1 heterocycles. The maximum absolute atomic E-state index is 11.0. The number of aromatic nitrogens is 2. The molecule has 0 bridgehead atoms. The van der Waals surface area contributed by atoms with Crippen LogP contribution in [0.25, 0.3) is 0 Å². The third-order valence-electron chi connectivity index (χ3n) is 1.76. The van der Waals surface area contributed by atoms with E-state index in [0.717, 1.165) is 0 Å². The monoisotopic (exact) mass is 277 g/mol. The molecule has 0 aromatic carbocycles. The van der Waals surface area contributed by atoms with Crippen molar-refractivity contribution in [3.05, 3.63) is 17.0 Å². The number of hydrogen-bond donors (Lipinski definition) is 1. The van der Waals surface area contributed by atoms with Crippen molar-refractivity contribution < 1.29 is 4.21 Å². The summed E-state index contributed by atoms with van der Waals surface area (Å²) in [6, 6.07) is 0. The summed E-state index contributed by atoms with van der Waals surface area (Å²) in [6.07, 6.45) is 4.95. The van der Waals surface area contributed by atoms with Gasteiger partial charge in [0.25, 0.3) is 0 Å². The van der Waals surface area contributed by atoms with E-state index in [1.807, 2.05) is 6.92 Å². The molecule has 0 aliphatic heterocycles. The molecule has 0 radical (unpaired) electrons. The van der Waals surface area contributed by atoms with Crippen LogP contribution in [-0.2, 0) is 10.8 Å². The molecule has 0 saturated carbocycles. The molecule has 1 aromatic heterocycles. The maximum atomic E-state index is 11.0. The summed E-state index contributed by atoms with van der Waals surface area (Å²) in [4.78, 5) is 8.11. The van der Waals surface area contributed by atoms with Crippen molar-refractivity contribution in [2.45, 2.75) is 12.2 Å². The van der Waals surface area contributed by atoms with Gasteiger partial charge in [0, 0.05) is 28.9 Å². The molecule has 6 heteroatoms. The Morgan fingerprint density at radius 3 is 2.79 bits per heavy atom. The Morgan fingerprint density at radius 1 is 1.57 bits per heavy atom. The molecule has 78 valence electrons. The number of anilines is 1. The van der Waals surface area contributed by atoms with E-state index in [9.17, 15) is 4.21 Å². The Bertz CT molecular complexity index is 317. The van der Waals surface area contributed by atoms with E-state index in [1.54, 1.807) is 18.6 Å². The molecule has 4 nitrogen and oxygen atoms in total. The van der Waals surface area contributed by atoms with Crippen LogP contribution >= 0.6 is 15.9 Å². The van der Waals surface area contributed by atoms with Gasteiger partial charge in [0.1, 0.15) is 10.4 Å². The zero-order valence-corrected chi connectivity index (χ0v) is 10.4. The minimum Gasteiger partial charge on any atom is -0.368 e. The van der Waals surface area contributed by atoms with Crippen molar-refractivity contribution in [2.24, 2.45) is 0 Å². The second kappa shape index (κ2) is 5.41. The third kappa shape index (κ3) is 3.71. The van der Waals surface area contributed by atoms with Crippen molar-refractivity contribution >= 4 is 32.5 Å². The predicted molar refractivity (Wildman–Crippen MR) is 61.8 cm³/mol. The Balaban J connectivity index is 2.46. The van der Waals surface area contributed by atoms with Crippen molar-refractivity contribution in [3.63, 3.8) is 0 Å². The highest BCUT2D eigenvalue weighted by molar-refractivity contribution is 9.10. The lowest BCUT2D eigenvalue weighted by molar-refractivity contribution is 0.678. The first-order valence-electron chi connectivity index (χ1n) is 4.13. The van der Waals surface area contributed by atoms with Gasteiger partial charge in [0.05, 0.1) is 12.4 Å². The van der Waals surface area contributed by atoms with Gasteiger partial charge in [-0.2, -0.15) is 0 Å². The Morgan fingerprint density at radius 2 is 2.29 bits per heavy atom. The molecule has 0 aliphatic rings. The van der Waals surface area contributed by atoms with Gasteiger partial charge in [-0.1, -0.05) is 0 Å². The minimum absolute atomic E-state index is 0.112. The molecule has 0 amide bonds. The molecular formula is C8H12BrN3OS. The van der Waals surface area contributed by atoms with Gasteiger partial charge in [-0.15, -0.1) is 0 Å².